The number of carbonyl (C=O) groups is 1. The van der Waals surface area contributed by atoms with Gasteiger partial charge in [0.15, 0.2) is 5.69 Å². The minimum Gasteiger partial charge on any atom is -0.476 e. The summed E-state index contributed by atoms with van der Waals surface area (Å²) in [5.74, 6) is -1.80. The fraction of sp³-hybridized carbons (Fsp3) is 0.0909. The lowest BCUT2D eigenvalue weighted by molar-refractivity contribution is 0.0692. The van der Waals surface area contributed by atoms with Crippen molar-refractivity contribution in [3.63, 3.8) is 0 Å². The number of hydrogen-bond acceptors (Lipinski definition) is 3. The standard InChI is InChI=1S/C11H7ClFNO2S/c1-5-14-9(11(15)16)10(17-5)6-3-2-4-7(12)8(6)13/h2-4H,1H3,(H,15,16). The Morgan fingerprint density at radius 3 is 2.88 bits per heavy atom. The van der Waals surface area contributed by atoms with Gasteiger partial charge in [0.05, 0.1) is 14.9 Å². The van der Waals surface area contributed by atoms with Crippen molar-refractivity contribution < 1.29 is 14.3 Å². The van der Waals surface area contributed by atoms with Crippen molar-refractivity contribution in [1.29, 1.82) is 0 Å². The first-order valence-corrected chi connectivity index (χ1v) is 5.85. The predicted octanol–water partition coefficient (Wildman–Crippen LogP) is 3.61. The number of rotatable bonds is 2. The smallest absolute Gasteiger partial charge is 0.356 e. The molecule has 2 aromatic rings. The lowest BCUT2D eigenvalue weighted by Gasteiger charge is -2.02. The second-order valence-corrected chi connectivity index (χ2v) is 4.93. The van der Waals surface area contributed by atoms with E-state index in [0.717, 1.165) is 11.3 Å². The number of aromatic carboxylic acids is 1. The van der Waals surface area contributed by atoms with Gasteiger partial charge in [0, 0.05) is 5.56 Å². The molecule has 0 aliphatic carbocycles. The zero-order valence-corrected chi connectivity index (χ0v) is 10.3. The maximum atomic E-state index is 13.8. The van der Waals surface area contributed by atoms with E-state index in [1.807, 2.05) is 0 Å². The quantitative estimate of drug-likeness (QED) is 0.908. The van der Waals surface area contributed by atoms with Gasteiger partial charge < -0.3 is 5.11 Å². The number of aromatic nitrogens is 1. The average Bonchev–Trinajstić information content (AvgIpc) is 2.64. The topological polar surface area (TPSA) is 50.2 Å². The van der Waals surface area contributed by atoms with Crippen molar-refractivity contribution in [2.75, 3.05) is 0 Å². The van der Waals surface area contributed by atoms with Crippen molar-refractivity contribution in [1.82, 2.24) is 4.98 Å². The van der Waals surface area contributed by atoms with Gasteiger partial charge in [-0.15, -0.1) is 11.3 Å². The molecule has 0 aliphatic heterocycles. The molecule has 0 aliphatic rings. The molecule has 2 rings (SSSR count). The molecule has 17 heavy (non-hydrogen) atoms. The second-order valence-electron chi connectivity index (χ2n) is 3.32. The molecule has 1 N–H and O–H groups in total. The van der Waals surface area contributed by atoms with Crippen LogP contribution in [0.1, 0.15) is 15.5 Å². The average molecular weight is 272 g/mol. The second kappa shape index (κ2) is 4.43. The van der Waals surface area contributed by atoms with Gasteiger partial charge in [0.2, 0.25) is 0 Å². The summed E-state index contributed by atoms with van der Waals surface area (Å²) in [7, 11) is 0. The summed E-state index contributed by atoms with van der Waals surface area (Å²) in [5.41, 5.74) is 0.0224. The molecule has 0 atom stereocenters. The van der Waals surface area contributed by atoms with E-state index in [1.54, 1.807) is 13.0 Å². The van der Waals surface area contributed by atoms with Gasteiger partial charge in [0.25, 0.3) is 0 Å². The van der Waals surface area contributed by atoms with E-state index in [-0.39, 0.29) is 21.2 Å². The number of thiazole rings is 1. The summed E-state index contributed by atoms with van der Waals surface area (Å²) in [5, 5.41) is 9.52. The molecule has 1 heterocycles. The van der Waals surface area contributed by atoms with Crippen LogP contribution in [0.2, 0.25) is 5.02 Å². The third kappa shape index (κ3) is 2.16. The molecule has 0 bridgehead atoms. The predicted molar refractivity (Wildman–Crippen MR) is 64.2 cm³/mol. The minimum absolute atomic E-state index is 0.0371. The first-order valence-electron chi connectivity index (χ1n) is 4.66. The molecule has 88 valence electrons. The monoisotopic (exact) mass is 271 g/mol. The SMILES string of the molecule is Cc1nc(C(=O)O)c(-c2cccc(Cl)c2F)s1. The summed E-state index contributed by atoms with van der Waals surface area (Å²) < 4.78 is 13.8. The number of nitrogens with zero attached hydrogens (tertiary/aromatic N) is 1. The van der Waals surface area contributed by atoms with Crippen LogP contribution in [0.15, 0.2) is 18.2 Å². The highest BCUT2D eigenvalue weighted by atomic mass is 35.5. The Labute approximate surface area is 106 Å². The Bertz CT molecular complexity index is 597. The van der Waals surface area contributed by atoms with Crippen LogP contribution in [0.5, 0.6) is 0 Å². The Balaban J connectivity index is 2.68. The third-order valence-corrected chi connectivity index (χ3v) is 3.43. The molecule has 1 aromatic heterocycles. The van der Waals surface area contributed by atoms with Crippen LogP contribution in [0, 0.1) is 12.7 Å². The molecule has 0 radical (unpaired) electrons. The molecule has 3 nitrogen and oxygen atoms in total. The van der Waals surface area contributed by atoms with E-state index in [2.05, 4.69) is 4.98 Å². The Morgan fingerprint density at radius 2 is 2.24 bits per heavy atom. The van der Waals surface area contributed by atoms with Crippen LogP contribution in [0.25, 0.3) is 10.4 Å². The van der Waals surface area contributed by atoms with Gasteiger partial charge in [0.1, 0.15) is 5.82 Å². The van der Waals surface area contributed by atoms with Gasteiger partial charge in [-0.25, -0.2) is 14.2 Å². The van der Waals surface area contributed by atoms with Crippen molar-refractivity contribution in [3.05, 3.63) is 39.7 Å². The molecule has 1 aromatic carbocycles. The fourth-order valence-corrected chi connectivity index (χ4v) is 2.54. The van der Waals surface area contributed by atoms with Gasteiger partial charge >= 0.3 is 5.97 Å². The highest BCUT2D eigenvalue weighted by Gasteiger charge is 2.20. The van der Waals surface area contributed by atoms with Gasteiger partial charge in [-0.3, -0.25) is 0 Å². The summed E-state index contributed by atoms with van der Waals surface area (Å²) in [4.78, 5) is 15.1. The molecule has 0 saturated heterocycles. The van der Waals surface area contributed by atoms with E-state index in [9.17, 15) is 9.18 Å². The largest absolute Gasteiger partial charge is 0.476 e. The highest BCUT2D eigenvalue weighted by Crippen LogP contribution is 2.34. The summed E-state index contributed by atoms with van der Waals surface area (Å²) in [6.45, 7) is 1.67. The maximum Gasteiger partial charge on any atom is 0.356 e. The molecule has 6 heteroatoms. The van der Waals surface area contributed by atoms with E-state index >= 15 is 0 Å². The normalized spacial score (nSPS) is 10.5. The molecular formula is C11H7ClFNO2S. The Kier molecular flexibility index (Phi) is 3.13. The highest BCUT2D eigenvalue weighted by molar-refractivity contribution is 7.15. The number of hydrogen-bond donors (Lipinski definition) is 1. The van der Waals surface area contributed by atoms with Gasteiger partial charge in [-0.2, -0.15) is 0 Å². The van der Waals surface area contributed by atoms with Gasteiger partial charge in [-0.05, 0) is 13.0 Å². The first kappa shape index (κ1) is 12.0. The Hall–Kier alpha value is -1.46. The first-order chi connectivity index (χ1) is 8.00. The van der Waals surface area contributed by atoms with Crippen LogP contribution < -0.4 is 0 Å². The lowest BCUT2D eigenvalue weighted by Crippen LogP contribution is -1.99. The number of halogens is 2. The number of carboxylic acids is 1. The molecule has 0 unspecified atom stereocenters. The van der Waals surface area contributed by atoms with E-state index < -0.39 is 11.8 Å². The molecular weight excluding hydrogens is 265 g/mol. The zero-order chi connectivity index (χ0) is 12.6. The van der Waals surface area contributed by atoms with E-state index in [0.29, 0.717) is 5.01 Å². The van der Waals surface area contributed by atoms with E-state index in [1.165, 1.54) is 12.1 Å². The molecule has 0 amide bonds. The van der Waals surface area contributed by atoms with Crippen LogP contribution in [0.4, 0.5) is 4.39 Å². The van der Waals surface area contributed by atoms with Crippen molar-refractivity contribution in [3.8, 4) is 10.4 Å². The third-order valence-electron chi connectivity index (χ3n) is 2.13. The molecule has 0 fully saturated rings. The van der Waals surface area contributed by atoms with Crippen molar-refractivity contribution in [2.24, 2.45) is 0 Å². The van der Waals surface area contributed by atoms with Crippen LogP contribution in [0.3, 0.4) is 0 Å². The minimum atomic E-state index is -1.18. The zero-order valence-electron chi connectivity index (χ0n) is 8.70. The Morgan fingerprint density at radius 1 is 1.53 bits per heavy atom. The number of carboxylic acid groups (broad SMARTS) is 1. The van der Waals surface area contributed by atoms with Crippen LogP contribution in [-0.4, -0.2) is 16.1 Å². The number of aryl methyl sites for hydroxylation is 1. The molecule has 0 saturated carbocycles. The number of benzene rings is 1. The van der Waals surface area contributed by atoms with Crippen LogP contribution in [-0.2, 0) is 0 Å². The summed E-state index contributed by atoms with van der Waals surface area (Å²) >= 11 is 6.79. The van der Waals surface area contributed by atoms with Crippen LogP contribution >= 0.6 is 22.9 Å². The maximum absolute atomic E-state index is 13.8. The van der Waals surface area contributed by atoms with E-state index in [4.69, 9.17) is 16.7 Å². The van der Waals surface area contributed by atoms with Crippen molar-refractivity contribution in [2.45, 2.75) is 6.92 Å². The fourth-order valence-electron chi connectivity index (χ4n) is 1.43. The lowest BCUT2D eigenvalue weighted by atomic mass is 10.1. The van der Waals surface area contributed by atoms with Crippen molar-refractivity contribution >= 4 is 28.9 Å². The summed E-state index contributed by atoms with van der Waals surface area (Å²) in [6, 6.07) is 4.47. The summed E-state index contributed by atoms with van der Waals surface area (Å²) in [6.07, 6.45) is 0. The molecule has 0 spiro atoms. The van der Waals surface area contributed by atoms with Gasteiger partial charge in [-0.1, -0.05) is 23.7 Å².